The Morgan fingerprint density at radius 2 is 1.89 bits per heavy atom. The number of aromatic amines is 1. The topological polar surface area (TPSA) is 104 Å². The van der Waals surface area contributed by atoms with Crippen LogP contribution >= 0.6 is 11.3 Å². The van der Waals surface area contributed by atoms with Gasteiger partial charge in [-0.25, -0.2) is 4.98 Å². The number of aromatic nitrogens is 2. The monoisotopic (exact) mass is 378 g/mol. The number of thiazole rings is 1. The average molecular weight is 378 g/mol. The van der Waals surface area contributed by atoms with E-state index in [1.165, 1.54) is 24.3 Å². The third kappa shape index (κ3) is 3.42. The summed E-state index contributed by atoms with van der Waals surface area (Å²) in [5.74, 6) is -0.563. The molecule has 3 N–H and O–H groups in total. The zero-order valence-electron chi connectivity index (χ0n) is 14.2. The van der Waals surface area contributed by atoms with Crippen molar-refractivity contribution in [1.82, 2.24) is 9.97 Å². The van der Waals surface area contributed by atoms with E-state index in [1.54, 1.807) is 36.4 Å². The molecule has 2 amide bonds. The van der Waals surface area contributed by atoms with Crippen molar-refractivity contribution < 1.29 is 9.59 Å². The number of carbonyl (C=O) groups excluding carboxylic acids is 2. The van der Waals surface area contributed by atoms with Gasteiger partial charge in [0.1, 0.15) is 0 Å². The van der Waals surface area contributed by atoms with E-state index in [9.17, 15) is 14.4 Å². The van der Waals surface area contributed by atoms with Crippen LogP contribution in [-0.4, -0.2) is 21.8 Å². The SMILES string of the molecule is CC(=O)Nc1nc2ccc(NC(=O)c3cc(=O)[nH]c4ccccc34)cc2s1. The normalized spacial score (nSPS) is 10.9. The molecule has 0 spiro atoms. The fraction of sp³-hybridized carbons (Fsp3) is 0.0526. The number of nitrogens with one attached hydrogen (secondary N) is 3. The zero-order valence-corrected chi connectivity index (χ0v) is 15.0. The van der Waals surface area contributed by atoms with Crippen LogP contribution in [-0.2, 0) is 4.79 Å². The molecule has 0 fully saturated rings. The molecule has 2 heterocycles. The van der Waals surface area contributed by atoms with E-state index in [4.69, 9.17) is 0 Å². The van der Waals surface area contributed by atoms with Crippen molar-refractivity contribution in [1.29, 1.82) is 0 Å². The van der Waals surface area contributed by atoms with E-state index in [1.807, 2.05) is 6.07 Å². The molecule has 4 aromatic rings. The first-order valence-corrected chi connectivity index (χ1v) is 8.93. The Morgan fingerprint density at radius 3 is 2.70 bits per heavy atom. The highest BCUT2D eigenvalue weighted by Crippen LogP contribution is 2.28. The summed E-state index contributed by atoms with van der Waals surface area (Å²) in [7, 11) is 0. The standard InChI is InChI=1S/C19H14N4O3S/c1-10(24)20-19-23-15-7-6-11(8-16(15)27-19)21-18(26)13-9-17(25)22-14-5-3-2-4-12(13)14/h2-9H,1H3,(H,21,26)(H,22,25)(H,20,23,24). The Kier molecular flexibility index (Phi) is 4.17. The molecular formula is C19H14N4O3S. The Hall–Kier alpha value is -3.52. The Morgan fingerprint density at radius 1 is 1.07 bits per heavy atom. The van der Waals surface area contributed by atoms with Gasteiger partial charge < -0.3 is 15.6 Å². The molecule has 0 aliphatic carbocycles. The second-order valence-electron chi connectivity index (χ2n) is 5.93. The van der Waals surface area contributed by atoms with Crippen molar-refractivity contribution >= 4 is 55.1 Å². The van der Waals surface area contributed by atoms with Crippen LogP contribution in [0.4, 0.5) is 10.8 Å². The van der Waals surface area contributed by atoms with Gasteiger partial charge in [0.05, 0.1) is 15.8 Å². The second-order valence-corrected chi connectivity index (χ2v) is 6.96. The smallest absolute Gasteiger partial charge is 0.256 e. The number of hydrogen-bond acceptors (Lipinski definition) is 5. The number of carbonyl (C=O) groups is 2. The van der Waals surface area contributed by atoms with Gasteiger partial charge in [-0.1, -0.05) is 29.5 Å². The summed E-state index contributed by atoms with van der Waals surface area (Å²) in [5, 5.41) is 6.64. The minimum Gasteiger partial charge on any atom is -0.322 e. The molecule has 0 atom stereocenters. The number of fused-ring (bicyclic) bond motifs is 2. The summed E-state index contributed by atoms with van der Waals surface area (Å²) in [6.45, 7) is 1.42. The first-order chi connectivity index (χ1) is 13.0. The second kappa shape index (κ2) is 6.65. The van der Waals surface area contributed by atoms with Crippen LogP contribution in [0.25, 0.3) is 21.1 Å². The molecule has 0 unspecified atom stereocenters. The molecule has 0 bridgehead atoms. The predicted molar refractivity (Wildman–Crippen MR) is 106 cm³/mol. The largest absolute Gasteiger partial charge is 0.322 e. The number of H-pyrrole nitrogens is 1. The molecule has 2 aromatic heterocycles. The van der Waals surface area contributed by atoms with Gasteiger partial charge in [0, 0.05) is 29.6 Å². The van der Waals surface area contributed by atoms with Gasteiger partial charge in [0.15, 0.2) is 5.13 Å². The molecule has 7 nitrogen and oxygen atoms in total. The van der Waals surface area contributed by atoms with Crippen molar-refractivity contribution in [3.8, 4) is 0 Å². The first kappa shape index (κ1) is 16.9. The molecule has 0 aliphatic heterocycles. The molecule has 0 radical (unpaired) electrons. The number of benzene rings is 2. The highest BCUT2D eigenvalue weighted by Gasteiger charge is 2.13. The number of pyridine rings is 1. The lowest BCUT2D eigenvalue weighted by molar-refractivity contribution is -0.114. The fourth-order valence-corrected chi connectivity index (χ4v) is 3.75. The lowest BCUT2D eigenvalue weighted by Gasteiger charge is -2.08. The van der Waals surface area contributed by atoms with Gasteiger partial charge in [-0.05, 0) is 24.3 Å². The van der Waals surface area contributed by atoms with E-state index in [0.29, 0.717) is 27.3 Å². The van der Waals surface area contributed by atoms with E-state index in [0.717, 1.165) is 10.2 Å². The minimum absolute atomic E-state index is 0.191. The lowest BCUT2D eigenvalue weighted by Crippen LogP contribution is -2.16. The third-order valence-corrected chi connectivity index (χ3v) is 4.86. The maximum Gasteiger partial charge on any atom is 0.256 e. The number of amides is 2. The Balaban J connectivity index is 1.67. The first-order valence-electron chi connectivity index (χ1n) is 8.11. The zero-order chi connectivity index (χ0) is 19.0. The molecule has 0 aliphatic rings. The van der Waals surface area contributed by atoms with Crippen molar-refractivity contribution in [2.24, 2.45) is 0 Å². The summed E-state index contributed by atoms with van der Waals surface area (Å²) < 4.78 is 0.826. The van der Waals surface area contributed by atoms with Crippen molar-refractivity contribution in [3.63, 3.8) is 0 Å². The molecule has 4 rings (SSSR count). The van der Waals surface area contributed by atoms with Gasteiger partial charge in [0.25, 0.3) is 5.91 Å². The van der Waals surface area contributed by atoms with E-state index in [2.05, 4.69) is 20.6 Å². The Bertz CT molecular complexity index is 1260. The quantitative estimate of drug-likeness (QED) is 0.508. The maximum absolute atomic E-state index is 12.7. The van der Waals surface area contributed by atoms with Crippen LogP contribution in [0.15, 0.2) is 53.3 Å². The number of rotatable bonds is 3. The van der Waals surface area contributed by atoms with Crippen LogP contribution in [0.3, 0.4) is 0 Å². The fourth-order valence-electron chi connectivity index (χ4n) is 2.80. The third-order valence-electron chi connectivity index (χ3n) is 3.92. The summed E-state index contributed by atoms with van der Waals surface area (Å²) in [4.78, 5) is 42.8. The highest BCUT2D eigenvalue weighted by molar-refractivity contribution is 7.22. The van der Waals surface area contributed by atoms with Gasteiger partial charge in [-0.3, -0.25) is 14.4 Å². The number of anilines is 2. The summed E-state index contributed by atoms with van der Waals surface area (Å²) in [6.07, 6.45) is 0. The van der Waals surface area contributed by atoms with Crippen molar-refractivity contribution in [2.45, 2.75) is 6.92 Å². The Labute approximate surface area is 157 Å². The number of para-hydroxylation sites is 1. The van der Waals surface area contributed by atoms with Crippen LogP contribution in [0.1, 0.15) is 17.3 Å². The summed E-state index contributed by atoms with van der Waals surface area (Å²) in [6, 6.07) is 13.7. The van der Waals surface area contributed by atoms with Crippen LogP contribution in [0, 0.1) is 0 Å². The molecular weight excluding hydrogens is 364 g/mol. The predicted octanol–water partition coefficient (Wildman–Crippen LogP) is 3.35. The molecule has 8 heteroatoms. The van der Waals surface area contributed by atoms with Crippen molar-refractivity contribution in [3.05, 3.63) is 64.4 Å². The minimum atomic E-state index is -0.372. The highest BCUT2D eigenvalue weighted by atomic mass is 32.1. The lowest BCUT2D eigenvalue weighted by atomic mass is 10.1. The van der Waals surface area contributed by atoms with Crippen LogP contribution < -0.4 is 16.2 Å². The van der Waals surface area contributed by atoms with Crippen molar-refractivity contribution in [2.75, 3.05) is 10.6 Å². The van der Waals surface area contributed by atoms with Gasteiger partial charge >= 0.3 is 0 Å². The van der Waals surface area contributed by atoms with E-state index >= 15 is 0 Å². The number of hydrogen-bond donors (Lipinski definition) is 3. The van der Waals surface area contributed by atoms with E-state index in [-0.39, 0.29) is 17.4 Å². The van der Waals surface area contributed by atoms with Crippen LogP contribution in [0.2, 0.25) is 0 Å². The molecule has 134 valence electrons. The van der Waals surface area contributed by atoms with Gasteiger partial charge in [-0.15, -0.1) is 0 Å². The van der Waals surface area contributed by atoms with Gasteiger partial charge in [-0.2, -0.15) is 0 Å². The van der Waals surface area contributed by atoms with Gasteiger partial charge in [0.2, 0.25) is 11.5 Å². The molecule has 27 heavy (non-hydrogen) atoms. The molecule has 0 saturated carbocycles. The average Bonchev–Trinajstić information content (AvgIpc) is 3.01. The molecule has 0 saturated heterocycles. The number of nitrogens with zero attached hydrogens (tertiary/aromatic N) is 1. The maximum atomic E-state index is 12.7. The molecule has 2 aromatic carbocycles. The summed E-state index contributed by atoms with van der Waals surface area (Å²) in [5.41, 5.74) is 1.88. The van der Waals surface area contributed by atoms with E-state index < -0.39 is 0 Å². The summed E-state index contributed by atoms with van der Waals surface area (Å²) >= 11 is 1.32. The van der Waals surface area contributed by atoms with Crippen LogP contribution in [0.5, 0.6) is 0 Å².